The predicted octanol–water partition coefficient (Wildman–Crippen LogP) is 7.98. The number of methoxy groups -OCH3 is 2. The summed E-state index contributed by atoms with van der Waals surface area (Å²) in [5, 5.41) is 18.8. The van der Waals surface area contributed by atoms with Gasteiger partial charge in [-0.2, -0.15) is 0 Å². The van der Waals surface area contributed by atoms with E-state index in [1.54, 1.807) is 24.6 Å². The van der Waals surface area contributed by atoms with Gasteiger partial charge in [-0.3, -0.25) is 0 Å². The molecule has 46 heavy (non-hydrogen) atoms. The van der Waals surface area contributed by atoms with Crippen LogP contribution in [0.3, 0.4) is 0 Å². The first-order chi connectivity index (χ1) is 22.3. The summed E-state index contributed by atoms with van der Waals surface area (Å²) in [6.07, 6.45) is 0.484. The highest BCUT2D eigenvalue weighted by atomic mass is 32.1. The van der Waals surface area contributed by atoms with Gasteiger partial charge in [-0.05, 0) is 107 Å². The molecule has 0 radical (unpaired) electrons. The van der Waals surface area contributed by atoms with Gasteiger partial charge in [-0.25, -0.2) is 9.78 Å². The van der Waals surface area contributed by atoms with Crippen LogP contribution < -0.4 is 20.5 Å². The zero-order valence-corrected chi connectivity index (χ0v) is 26.3. The van der Waals surface area contributed by atoms with Crippen LogP contribution in [0.4, 0.5) is 11.5 Å². The molecule has 1 atom stereocenters. The van der Waals surface area contributed by atoms with Crippen LogP contribution >= 0.6 is 11.3 Å². The largest absolute Gasteiger partial charge is 0.496 e. The van der Waals surface area contributed by atoms with Gasteiger partial charge < -0.3 is 30.4 Å². The Morgan fingerprint density at radius 1 is 0.978 bits per heavy atom. The fourth-order valence-corrected chi connectivity index (χ4v) is 6.78. The summed E-state index contributed by atoms with van der Waals surface area (Å²) >= 11 is 1.57. The van der Waals surface area contributed by atoms with Gasteiger partial charge in [0.25, 0.3) is 0 Å². The predicted molar refractivity (Wildman–Crippen MR) is 182 cm³/mol. The third-order valence-corrected chi connectivity index (χ3v) is 9.20. The number of nitrogens with two attached hydrogens (primary N) is 1. The summed E-state index contributed by atoms with van der Waals surface area (Å²) in [4.78, 5) is 18.6. The van der Waals surface area contributed by atoms with Gasteiger partial charge in [-0.15, -0.1) is 11.3 Å². The van der Waals surface area contributed by atoms with Crippen LogP contribution in [-0.2, 0) is 11.3 Å². The van der Waals surface area contributed by atoms with Crippen molar-refractivity contribution in [1.29, 1.82) is 0 Å². The number of rotatable bonds is 7. The summed E-state index contributed by atoms with van der Waals surface area (Å²) in [7, 11) is 2.98. The molecule has 9 heteroatoms. The number of carbonyl (C=O) groups is 1. The van der Waals surface area contributed by atoms with Crippen molar-refractivity contribution in [2.45, 2.75) is 19.8 Å². The minimum Gasteiger partial charge on any atom is -0.496 e. The van der Waals surface area contributed by atoms with E-state index in [1.807, 2.05) is 85.1 Å². The van der Waals surface area contributed by atoms with E-state index in [0.717, 1.165) is 49.2 Å². The van der Waals surface area contributed by atoms with Crippen LogP contribution in [0.25, 0.3) is 43.5 Å². The van der Waals surface area contributed by atoms with Crippen LogP contribution in [-0.4, -0.2) is 30.3 Å². The number of nitrogen functional groups attached to an aromatic ring is 1. The van der Waals surface area contributed by atoms with E-state index in [-0.39, 0.29) is 0 Å². The zero-order chi connectivity index (χ0) is 31.9. The Morgan fingerprint density at radius 3 is 2.63 bits per heavy atom. The number of benzene rings is 4. The molecule has 0 saturated carbocycles. The Hall–Kier alpha value is -5.38. The number of hydrogen-bond donors (Lipinski definition) is 3. The highest BCUT2D eigenvalue weighted by molar-refractivity contribution is 7.13. The van der Waals surface area contributed by atoms with E-state index in [9.17, 15) is 9.90 Å². The SMILES string of the molecule is COC(=O)c1cc2c(cc1-c1cc(OC)c(-c3cccs3)cc1C(O)Nc1ccc3c(N)nccc3c1)COc1ccc(C)cc1-2. The Labute approximate surface area is 270 Å². The minimum atomic E-state index is -1.17. The summed E-state index contributed by atoms with van der Waals surface area (Å²) < 4.78 is 17.3. The molecule has 1 aliphatic heterocycles. The molecule has 8 nitrogen and oxygen atoms in total. The Bertz CT molecular complexity index is 2130. The Morgan fingerprint density at radius 2 is 1.85 bits per heavy atom. The lowest BCUT2D eigenvalue weighted by atomic mass is 9.86. The molecule has 7 rings (SSSR count). The molecule has 230 valence electrons. The molecule has 1 aliphatic rings. The van der Waals surface area contributed by atoms with Gasteiger partial charge >= 0.3 is 5.97 Å². The van der Waals surface area contributed by atoms with Crippen molar-refractivity contribution in [2.24, 2.45) is 0 Å². The van der Waals surface area contributed by atoms with Crippen molar-refractivity contribution in [3.05, 3.63) is 113 Å². The van der Waals surface area contributed by atoms with Gasteiger partial charge in [0.05, 0.1) is 19.8 Å². The van der Waals surface area contributed by atoms with Gasteiger partial charge in [-0.1, -0.05) is 17.7 Å². The molecule has 0 fully saturated rings. The lowest BCUT2D eigenvalue weighted by molar-refractivity contribution is 0.0601. The first-order valence-corrected chi connectivity index (χ1v) is 15.6. The lowest BCUT2D eigenvalue weighted by Crippen LogP contribution is -2.14. The number of nitrogens with zero attached hydrogens (tertiary/aromatic N) is 1. The highest BCUT2D eigenvalue weighted by Crippen LogP contribution is 2.45. The summed E-state index contributed by atoms with van der Waals surface area (Å²) in [6.45, 7) is 2.35. The Kier molecular flexibility index (Phi) is 7.56. The maximum absolute atomic E-state index is 13.4. The normalized spacial score (nSPS) is 12.5. The number of aromatic nitrogens is 1. The van der Waals surface area contributed by atoms with Gasteiger partial charge in [0.2, 0.25) is 0 Å². The molecule has 0 spiro atoms. The maximum Gasteiger partial charge on any atom is 0.338 e. The van der Waals surface area contributed by atoms with Gasteiger partial charge in [0.15, 0.2) is 6.23 Å². The van der Waals surface area contributed by atoms with Crippen molar-refractivity contribution in [3.8, 4) is 44.2 Å². The Balaban J connectivity index is 1.42. The number of aryl methyl sites for hydroxylation is 1. The van der Waals surface area contributed by atoms with Crippen molar-refractivity contribution >= 4 is 39.6 Å². The van der Waals surface area contributed by atoms with Crippen LogP contribution in [0, 0.1) is 6.92 Å². The number of thiophene rings is 1. The highest BCUT2D eigenvalue weighted by Gasteiger charge is 2.27. The molecule has 0 amide bonds. The van der Waals surface area contributed by atoms with E-state index in [0.29, 0.717) is 46.1 Å². The monoisotopic (exact) mass is 629 g/mol. The quantitative estimate of drug-likeness (QED) is 0.120. The number of aliphatic hydroxyl groups is 1. The first kappa shape index (κ1) is 29.3. The number of anilines is 2. The molecule has 4 N–H and O–H groups in total. The number of fused-ring (bicyclic) bond motifs is 4. The number of pyridine rings is 1. The molecule has 2 aromatic heterocycles. The molecule has 0 aliphatic carbocycles. The number of ether oxygens (including phenoxy) is 3. The molecule has 6 aromatic rings. The van der Waals surface area contributed by atoms with Crippen LogP contribution in [0.1, 0.15) is 33.3 Å². The van der Waals surface area contributed by atoms with Crippen molar-refractivity contribution < 1.29 is 24.1 Å². The number of carbonyl (C=O) groups excluding carboxylic acids is 1. The fraction of sp³-hybridized carbons (Fsp3) is 0.135. The van der Waals surface area contributed by atoms with Crippen molar-refractivity contribution in [3.63, 3.8) is 0 Å². The summed E-state index contributed by atoms with van der Waals surface area (Å²) in [6, 6.07) is 25.1. The average molecular weight is 630 g/mol. The molecule has 3 heterocycles. The van der Waals surface area contributed by atoms with Gasteiger partial charge in [0, 0.05) is 38.8 Å². The second-order valence-electron chi connectivity index (χ2n) is 11.1. The third-order valence-electron chi connectivity index (χ3n) is 8.30. The van der Waals surface area contributed by atoms with Crippen LogP contribution in [0.5, 0.6) is 11.5 Å². The number of aliphatic hydroxyl groups excluding tert-OH is 1. The molecule has 0 saturated heterocycles. The minimum absolute atomic E-state index is 0.329. The van der Waals surface area contributed by atoms with Crippen molar-refractivity contribution in [2.75, 3.05) is 25.3 Å². The number of esters is 1. The molecule has 4 aromatic carbocycles. The number of hydrogen-bond acceptors (Lipinski definition) is 9. The van der Waals surface area contributed by atoms with E-state index in [1.165, 1.54) is 7.11 Å². The van der Waals surface area contributed by atoms with Crippen molar-refractivity contribution in [1.82, 2.24) is 4.98 Å². The summed E-state index contributed by atoms with van der Waals surface area (Å²) in [5.41, 5.74) is 13.5. The average Bonchev–Trinajstić information content (AvgIpc) is 3.62. The van der Waals surface area contributed by atoms with E-state index in [4.69, 9.17) is 19.9 Å². The van der Waals surface area contributed by atoms with Crippen LogP contribution in [0.15, 0.2) is 90.4 Å². The molecular weight excluding hydrogens is 598 g/mol. The number of nitrogens with one attached hydrogen (secondary N) is 1. The van der Waals surface area contributed by atoms with Gasteiger partial charge in [0.1, 0.15) is 23.9 Å². The standard InChI is InChI=1S/C37H31N3O5S/c1-20-6-9-32-28(13-20)25-16-30(37(42)44-3)26(15-22(25)19-45-32)27-18-33(43-2)31(34-5-4-12-46-34)17-29(27)36(41)40-23-7-8-24-21(14-23)10-11-39-35(24)38/h4-18,36,40-41H,19H2,1-3H3,(H2,38,39). The smallest absolute Gasteiger partial charge is 0.338 e. The van der Waals surface area contributed by atoms with E-state index in [2.05, 4.69) is 16.4 Å². The molecule has 0 bridgehead atoms. The summed E-state index contributed by atoms with van der Waals surface area (Å²) in [5.74, 6) is 1.31. The first-order valence-electron chi connectivity index (χ1n) is 14.7. The van der Waals surface area contributed by atoms with E-state index >= 15 is 0 Å². The topological polar surface area (TPSA) is 116 Å². The zero-order valence-electron chi connectivity index (χ0n) is 25.5. The fourth-order valence-electron chi connectivity index (χ4n) is 6.03. The molecular formula is C37H31N3O5S. The maximum atomic E-state index is 13.4. The second kappa shape index (κ2) is 11.8. The van der Waals surface area contributed by atoms with E-state index < -0.39 is 12.2 Å². The van der Waals surface area contributed by atoms with Crippen LogP contribution in [0.2, 0.25) is 0 Å². The third kappa shape index (κ3) is 5.19. The molecule has 1 unspecified atom stereocenters. The lowest BCUT2D eigenvalue weighted by Gasteiger charge is -2.25. The second-order valence-corrected chi connectivity index (χ2v) is 12.1.